The van der Waals surface area contributed by atoms with Crippen LogP contribution in [0.2, 0.25) is 0 Å². The van der Waals surface area contributed by atoms with Crippen LogP contribution >= 0.6 is 0 Å². The van der Waals surface area contributed by atoms with Gasteiger partial charge in [-0.25, -0.2) is 4.79 Å². The Kier molecular flexibility index (Phi) is 6.79. The van der Waals surface area contributed by atoms with E-state index in [-0.39, 0.29) is 11.5 Å². The minimum atomic E-state index is -0.456. The number of hydrogen-bond acceptors (Lipinski definition) is 5. The number of carbonyl (C=O) groups is 1. The second-order valence-electron chi connectivity index (χ2n) is 7.83. The van der Waals surface area contributed by atoms with Crippen molar-refractivity contribution in [1.82, 2.24) is 15.2 Å². The van der Waals surface area contributed by atoms with Crippen LogP contribution in [0.1, 0.15) is 39.3 Å². The summed E-state index contributed by atoms with van der Waals surface area (Å²) >= 11 is 0. The summed E-state index contributed by atoms with van der Waals surface area (Å²) in [5.41, 5.74) is 0.617. The van der Waals surface area contributed by atoms with Gasteiger partial charge in [-0.15, -0.1) is 0 Å². The molecule has 140 valence electrons. The molecular formula is C19H31N3O3. The molecule has 1 aliphatic rings. The highest BCUT2D eigenvalue weighted by molar-refractivity contribution is 5.68. The maximum absolute atomic E-state index is 12.2. The van der Waals surface area contributed by atoms with Crippen molar-refractivity contribution >= 4 is 6.09 Å². The molecule has 2 rings (SSSR count). The lowest BCUT2D eigenvalue weighted by atomic mass is 9.79. The van der Waals surface area contributed by atoms with Gasteiger partial charge in [0, 0.05) is 44.9 Å². The number of rotatable bonds is 6. The molecule has 0 bridgehead atoms. The third kappa shape index (κ3) is 6.29. The summed E-state index contributed by atoms with van der Waals surface area (Å²) in [6, 6.07) is 5.93. The minimum absolute atomic E-state index is 0.0437. The molecule has 0 atom stereocenters. The van der Waals surface area contributed by atoms with Gasteiger partial charge in [0.1, 0.15) is 5.60 Å². The van der Waals surface area contributed by atoms with E-state index in [1.165, 1.54) is 0 Å². The number of likely N-dealkylation sites (tertiary alicyclic amines) is 1. The Morgan fingerprint density at radius 1 is 1.32 bits per heavy atom. The SMILES string of the molecule is COCC1(CNCc2ccccn2)CCN(C(=O)OC(C)(C)C)CC1. The molecule has 1 aromatic heterocycles. The predicted octanol–water partition coefficient (Wildman–Crippen LogP) is 2.83. The maximum atomic E-state index is 12.2. The number of nitrogens with one attached hydrogen (secondary N) is 1. The molecule has 1 amide bonds. The number of aromatic nitrogens is 1. The quantitative estimate of drug-likeness (QED) is 0.855. The number of methoxy groups -OCH3 is 1. The van der Waals surface area contributed by atoms with E-state index in [4.69, 9.17) is 9.47 Å². The van der Waals surface area contributed by atoms with Crippen molar-refractivity contribution < 1.29 is 14.3 Å². The van der Waals surface area contributed by atoms with Gasteiger partial charge >= 0.3 is 6.09 Å². The van der Waals surface area contributed by atoms with Crippen LogP contribution in [0.25, 0.3) is 0 Å². The second kappa shape index (κ2) is 8.63. The number of piperidine rings is 1. The first-order valence-corrected chi connectivity index (χ1v) is 8.91. The number of pyridine rings is 1. The van der Waals surface area contributed by atoms with Gasteiger partial charge in [0.15, 0.2) is 0 Å². The maximum Gasteiger partial charge on any atom is 0.410 e. The topological polar surface area (TPSA) is 63.7 Å². The van der Waals surface area contributed by atoms with Crippen molar-refractivity contribution in [3.05, 3.63) is 30.1 Å². The second-order valence-corrected chi connectivity index (χ2v) is 7.83. The van der Waals surface area contributed by atoms with Gasteiger partial charge in [0.05, 0.1) is 12.3 Å². The first-order chi connectivity index (χ1) is 11.8. The molecule has 0 saturated carbocycles. The molecule has 0 unspecified atom stereocenters. The zero-order chi connectivity index (χ0) is 18.3. The summed E-state index contributed by atoms with van der Waals surface area (Å²) < 4.78 is 10.9. The molecule has 1 saturated heterocycles. The van der Waals surface area contributed by atoms with Crippen LogP contribution in [0.4, 0.5) is 4.79 Å². The summed E-state index contributed by atoms with van der Waals surface area (Å²) in [6.45, 7) is 9.35. The summed E-state index contributed by atoms with van der Waals surface area (Å²) in [4.78, 5) is 18.4. The Morgan fingerprint density at radius 3 is 2.60 bits per heavy atom. The fraction of sp³-hybridized carbons (Fsp3) is 0.684. The van der Waals surface area contributed by atoms with Gasteiger partial charge in [-0.1, -0.05) is 6.07 Å². The minimum Gasteiger partial charge on any atom is -0.444 e. The molecule has 0 spiro atoms. The van der Waals surface area contributed by atoms with E-state index < -0.39 is 5.60 Å². The van der Waals surface area contributed by atoms with Crippen LogP contribution in [0.5, 0.6) is 0 Å². The fourth-order valence-corrected chi connectivity index (χ4v) is 3.13. The van der Waals surface area contributed by atoms with E-state index in [1.54, 1.807) is 18.2 Å². The Hall–Kier alpha value is -1.66. The van der Waals surface area contributed by atoms with Crippen molar-refractivity contribution in [3.63, 3.8) is 0 Å². The van der Waals surface area contributed by atoms with Gasteiger partial charge in [-0.3, -0.25) is 4.98 Å². The first kappa shape index (κ1) is 19.7. The molecule has 1 aromatic rings. The molecule has 1 aliphatic heterocycles. The van der Waals surface area contributed by atoms with Crippen molar-refractivity contribution in [2.75, 3.05) is 33.4 Å². The Labute approximate surface area is 150 Å². The normalized spacial score (nSPS) is 17.4. The summed E-state index contributed by atoms with van der Waals surface area (Å²) in [5.74, 6) is 0. The Bertz CT molecular complexity index is 535. The summed E-state index contributed by atoms with van der Waals surface area (Å²) in [5, 5.41) is 3.50. The molecule has 2 heterocycles. The lowest BCUT2D eigenvalue weighted by Gasteiger charge is -2.41. The smallest absolute Gasteiger partial charge is 0.410 e. The molecule has 1 fully saturated rings. The van der Waals surface area contributed by atoms with Gasteiger partial charge in [0.2, 0.25) is 0 Å². The van der Waals surface area contributed by atoms with E-state index in [2.05, 4.69) is 10.3 Å². The lowest BCUT2D eigenvalue weighted by molar-refractivity contribution is -0.00663. The Balaban J connectivity index is 1.86. The van der Waals surface area contributed by atoms with E-state index in [1.807, 2.05) is 39.0 Å². The standard InChI is InChI=1S/C19H31N3O3/c1-18(2,3)25-17(23)22-11-8-19(9-12-22,15-24-4)14-20-13-16-7-5-6-10-21-16/h5-7,10,20H,8-9,11-15H2,1-4H3. The molecule has 1 N–H and O–H groups in total. The van der Waals surface area contributed by atoms with Gasteiger partial charge < -0.3 is 19.7 Å². The van der Waals surface area contributed by atoms with E-state index in [0.29, 0.717) is 19.7 Å². The van der Waals surface area contributed by atoms with Crippen molar-refractivity contribution in [2.45, 2.75) is 45.8 Å². The average Bonchev–Trinajstić information content (AvgIpc) is 2.55. The highest BCUT2D eigenvalue weighted by Gasteiger charge is 2.37. The van der Waals surface area contributed by atoms with E-state index in [0.717, 1.165) is 31.6 Å². The van der Waals surface area contributed by atoms with Gasteiger partial charge in [-0.2, -0.15) is 0 Å². The number of amides is 1. The highest BCUT2D eigenvalue weighted by atomic mass is 16.6. The van der Waals surface area contributed by atoms with Crippen LogP contribution in [-0.4, -0.2) is 54.9 Å². The third-order valence-corrected chi connectivity index (χ3v) is 4.46. The summed E-state index contributed by atoms with van der Waals surface area (Å²) in [6.07, 6.45) is 3.38. The largest absolute Gasteiger partial charge is 0.444 e. The number of hydrogen-bond donors (Lipinski definition) is 1. The van der Waals surface area contributed by atoms with Crippen molar-refractivity contribution in [2.24, 2.45) is 5.41 Å². The van der Waals surface area contributed by atoms with Crippen LogP contribution in [0.3, 0.4) is 0 Å². The molecule has 0 radical (unpaired) electrons. The van der Waals surface area contributed by atoms with E-state index in [9.17, 15) is 4.79 Å². The zero-order valence-electron chi connectivity index (χ0n) is 15.9. The van der Waals surface area contributed by atoms with Crippen molar-refractivity contribution in [1.29, 1.82) is 0 Å². The van der Waals surface area contributed by atoms with Crippen LogP contribution in [-0.2, 0) is 16.0 Å². The first-order valence-electron chi connectivity index (χ1n) is 8.91. The molecule has 0 aliphatic carbocycles. The molecule has 0 aromatic carbocycles. The average molecular weight is 349 g/mol. The lowest BCUT2D eigenvalue weighted by Crippen LogP contribution is -2.50. The molecular weight excluding hydrogens is 318 g/mol. The third-order valence-electron chi connectivity index (χ3n) is 4.46. The van der Waals surface area contributed by atoms with Crippen LogP contribution < -0.4 is 5.32 Å². The fourth-order valence-electron chi connectivity index (χ4n) is 3.13. The van der Waals surface area contributed by atoms with Crippen LogP contribution in [0, 0.1) is 5.41 Å². The van der Waals surface area contributed by atoms with Crippen molar-refractivity contribution in [3.8, 4) is 0 Å². The highest BCUT2D eigenvalue weighted by Crippen LogP contribution is 2.32. The van der Waals surface area contributed by atoms with Crippen LogP contribution in [0.15, 0.2) is 24.4 Å². The molecule has 25 heavy (non-hydrogen) atoms. The monoisotopic (exact) mass is 349 g/mol. The van der Waals surface area contributed by atoms with Gasteiger partial charge in [0.25, 0.3) is 0 Å². The number of nitrogens with zero attached hydrogens (tertiary/aromatic N) is 2. The molecule has 6 nitrogen and oxygen atoms in total. The number of ether oxygens (including phenoxy) is 2. The zero-order valence-corrected chi connectivity index (χ0v) is 15.9. The Morgan fingerprint density at radius 2 is 2.04 bits per heavy atom. The van der Waals surface area contributed by atoms with E-state index >= 15 is 0 Å². The van der Waals surface area contributed by atoms with Gasteiger partial charge in [-0.05, 0) is 45.7 Å². The summed E-state index contributed by atoms with van der Waals surface area (Å²) in [7, 11) is 1.74. The predicted molar refractivity (Wildman–Crippen MR) is 97.3 cm³/mol. The number of carbonyl (C=O) groups excluding carboxylic acids is 1. The molecule has 6 heteroatoms.